The molecule has 5 heteroatoms. The van der Waals surface area contributed by atoms with Crippen molar-refractivity contribution in [2.24, 2.45) is 5.92 Å². The molecule has 0 N–H and O–H groups in total. The van der Waals surface area contributed by atoms with Crippen molar-refractivity contribution in [3.8, 4) is 0 Å². The lowest BCUT2D eigenvalue weighted by molar-refractivity contribution is -0.147. The Labute approximate surface area is 112 Å². The highest BCUT2D eigenvalue weighted by Gasteiger charge is 2.24. The summed E-state index contributed by atoms with van der Waals surface area (Å²) in [7, 11) is 0. The maximum atomic E-state index is 13.6. The van der Waals surface area contributed by atoms with Crippen LogP contribution >= 0.6 is 0 Å². The van der Waals surface area contributed by atoms with Crippen LogP contribution in [0.2, 0.25) is 0 Å². The van der Waals surface area contributed by atoms with E-state index in [1.165, 1.54) is 13.0 Å². The SMILES string of the molecule is CCOC(=O)C(CC(C)C)n1cc(F)c(C)cc1=O. The first-order chi connectivity index (χ1) is 8.86. The first-order valence-corrected chi connectivity index (χ1v) is 6.41. The number of aryl methyl sites for hydroxylation is 1. The number of hydrogen-bond donors (Lipinski definition) is 0. The molecule has 1 rings (SSSR count). The van der Waals surface area contributed by atoms with Crippen molar-refractivity contribution in [2.45, 2.75) is 40.2 Å². The summed E-state index contributed by atoms with van der Waals surface area (Å²) in [6, 6.07) is 0.421. The second-order valence-electron chi connectivity index (χ2n) is 4.95. The molecule has 0 aliphatic heterocycles. The Morgan fingerprint density at radius 1 is 1.47 bits per heavy atom. The fraction of sp³-hybridized carbons (Fsp3) is 0.571. The number of pyridine rings is 1. The second-order valence-corrected chi connectivity index (χ2v) is 4.95. The second kappa shape index (κ2) is 6.50. The third-order valence-electron chi connectivity index (χ3n) is 2.81. The van der Waals surface area contributed by atoms with Gasteiger partial charge in [0.2, 0.25) is 0 Å². The number of carbonyl (C=O) groups is 1. The highest BCUT2D eigenvalue weighted by atomic mass is 19.1. The van der Waals surface area contributed by atoms with E-state index in [4.69, 9.17) is 4.74 Å². The quantitative estimate of drug-likeness (QED) is 0.771. The van der Waals surface area contributed by atoms with Gasteiger partial charge in [0.15, 0.2) is 0 Å². The van der Waals surface area contributed by atoms with E-state index >= 15 is 0 Å². The van der Waals surface area contributed by atoms with Gasteiger partial charge in [-0.1, -0.05) is 13.8 Å². The van der Waals surface area contributed by atoms with Crippen molar-refractivity contribution in [1.29, 1.82) is 0 Å². The van der Waals surface area contributed by atoms with E-state index in [-0.39, 0.29) is 18.1 Å². The maximum Gasteiger partial charge on any atom is 0.329 e. The first kappa shape index (κ1) is 15.4. The smallest absolute Gasteiger partial charge is 0.329 e. The van der Waals surface area contributed by atoms with Gasteiger partial charge >= 0.3 is 5.97 Å². The number of halogens is 1. The monoisotopic (exact) mass is 269 g/mol. The van der Waals surface area contributed by atoms with E-state index in [1.807, 2.05) is 13.8 Å². The molecule has 1 unspecified atom stereocenters. The van der Waals surface area contributed by atoms with Crippen LogP contribution in [-0.2, 0) is 9.53 Å². The molecule has 1 aromatic rings. The minimum absolute atomic E-state index is 0.186. The Kier molecular flexibility index (Phi) is 5.27. The Bertz CT molecular complexity index is 508. The first-order valence-electron chi connectivity index (χ1n) is 6.41. The van der Waals surface area contributed by atoms with Crippen LogP contribution in [0.1, 0.15) is 38.8 Å². The maximum absolute atomic E-state index is 13.6. The molecule has 0 radical (unpaired) electrons. The van der Waals surface area contributed by atoms with Gasteiger partial charge in [0, 0.05) is 12.3 Å². The highest BCUT2D eigenvalue weighted by molar-refractivity contribution is 5.74. The van der Waals surface area contributed by atoms with Crippen LogP contribution in [0, 0.1) is 18.7 Å². The number of carbonyl (C=O) groups excluding carboxylic acids is 1. The van der Waals surface area contributed by atoms with Gasteiger partial charge in [0.25, 0.3) is 5.56 Å². The summed E-state index contributed by atoms with van der Waals surface area (Å²) >= 11 is 0. The lowest BCUT2D eigenvalue weighted by Crippen LogP contribution is -2.32. The van der Waals surface area contributed by atoms with Gasteiger partial charge in [-0.3, -0.25) is 9.36 Å². The minimum Gasteiger partial charge on any atom is -0.464 e. The van der Waals surface area contributed by atoms with Crippen LogP contribution in [0.15, 0.2) is 17.1 Å². The molecule has 0 bridgehead atoms. The van der Waals surface area contributed by atoms with Gasteiger partial charge < -0.3 is 4.74 Å². The summed E-state index contributed by atoms with van der Waals surface area (Å²) in [5.74, 6) is -0.815. The molecule has 4 nitrogen and oxygen atoms in total. The predicted molar refractivity (Wildman–Crippen MR) is 70.5 cm³/mol. The Morgan fingerprint density at radius 3 is 2.63 bits per heavy atom. The van der Waals surface area contributed by atoms with E-state index in [2.05, 4.69) is 0 Å². The molecule has 106 valence electrons. The van der Waals surface area contributed by atoms with Crippen molar-refractivity contribution in [3.63, 3.8) is 0 Å². The highest BCUT2D eigenvalue weighted by Crippen LogP contribution is 2.18. The van der Waals surface area contributed by atoms with Gasteiger partial charge in [0.05, 0.1) is 6.61 Å². The van der Waals surface area contributed by atoms with Crippen molar-refractivity contribution in [3.05, 3.63) is 34.0 Å². The molecule has 0 aromatic carbocycles. The largest absolute Gasteiger partial charge is 0.464 e. The lowest BCUT2D eigenvalue weighted by Gasteiger charge is -2.20. The van der Waals surface area contributed by atoms with E-state index in [9.17, 15) is 14.0 Å². The number of ether oxygens (including phenoxy) is 1. The normalized spacial score (nSPS) is 12.5. The van der Waals surface area contributed by atoms with Crippen molar-refractivity contribution in [2.75, 3.05) is 6.61 Å². The molecule has 0 saturated carbocycles. The molecular weight excluding hydrogens is 249 g/mol. The van der Waals surface area contributed by atoms with Crippen LogP contribution in [-0.4, -0.2) is 17.1 Å². The summed E-state index contributed by atoms with van der Waals surface area (Å²) in [6.07, 6.45) is 1.52. The molecule has 0 fully saturated rings. The Hall–Kier alpha value is -1.65. The summed E-state index contributed by atoms with van der Waals surface area (Å²) in [6.45, 7) is 7.31. The molecule has 1 aromatic heterocycles. The summed E-state index contributed by atoms with van der Waals surface area (Å²) in [5.41, 5.74) is -0.119. The average Bonchev–Trinajstić information content (AvgIpc) is 2.31. The number of hydrogen-bond acceptors (Lipinski definition) is 3. The fourth-order valence-corrected chi connectivity index (χ4v) is 1.87. The zero-order valence-electron chi connectivity index (χ0n) is 11.8. The summed E-state index contributed by atoms with van der Waals surface area (Å²) < 4.78 is 19.7. The minimum atomic E-state index is -0.775. The van der Waals surface area contributed by atoms with Crippen LogP contribution in [0.5, 0.6) is 0 Å². The predicted octanol–water partition coefficient (Wildman–Crippen LogP) is 2.45. The number of aromatic nitrogens is 1. The molecule has 1 atom stereocenters. The van der Waals surface area contributed by atoms with E-state index in [0.29, 0.717) is 6.42 Å². The Balaban J connectivity index is 3.20. The average molecular weight is 269 g/mol. The molecule has 0 saturated heterocycles. The van der Waals surface area contributed by atoms with Crippen LogP contribution < -0.4 is 5.56 Å². The van der Waals surface area contributed by atoms with Gasteiger partial charge in [-0.05, 0) is 31.7 Å². The van der Waals surface area contributed by atoms with Crippen LogP contribution in [0.4, 0.5) is 4.39 Å². The molecule has 0 spiro atoms. The van der Waals surface area contributed by atoms with Crippen LogP contribution in [0.3, 0.4) is 0 Å². The van der Waals surface area contributed by atoms with Gasteiger partial charge in [-0.25, -0.2) is 9.18 Å². The van der Waals surface area contributed by atoms with Gasteiger partial charge in [0.1, 0.15) is 11.9 Å². The third kappa shape index (κ3) is 3.91. The fourth-order valence-electron chi connectivity index (χ4n) is 1.87. The molecule has 0 aliphatic rings. The van der Waals surface area contributed by atoms with Crippen molar-refractivity contribution < 1.29 is 13.9 Å². The third-order valence-corrected chi connectivity index (χ3v) is 2.81. The van der Waals surface area contributed by atoms with Crippen LogP contribution in [0.25, 0.3) is 0 Å². The zero-order valence-corrected chi connectivity index (χ0v) is 11.8. The van der Waals surface area contributed by atoms with Crippen molar-refractivity contribution in [1.82, 2.24) is 4.57 Å². The molecule has 0 amide bonds. The topological polar surface area (TPSA) is 48.3 Å². The number of nitrogens with zero attached hydrogens (tertiary/aromatic N) is 1. The van der Waals surface area contributed by atoms with E-state index in [1.54, 1.807) is 6.92 Å². The lowest BCUT2D eigenvalue weighted by atomic mass is 10.0. The zero-order chi connectivity index (χ0) is 14.6. The summed E-state index contributed by atoms with van der Waals surface area (Å²) in [5, 5.41) is 0. The molecule has 19 heavy (non-hydrogen) atoms. The van der Waals surface area contributed by atoms with Gasteiger partial charge in [-0.15, -0.1) is 0 Å². The molecule has 0 aliphatic carbocycles. The molecule has 1 heterocycles. The number of rotatable bonds is 5. The van der Waals surface area contributed by atoms with Crippen molar-refractivity contribution >= 4 is 5.97 Å². The van der Waals surface area contributed by atoms with Gasteiger partial charge in [-0.2, -0.15) is 0 Å². The number of esters is 1. The summed E-state index contributed by atoms with van der Waals surface area (Å²) in [4.78, 5) is 23.8. The Morgan fingerprint density at radius 2 is 2.11 bits per heavy atom. The molecular formula is C14H20FNO3. The van der Waals surface area contributed by atoms with E-state index < -0.39 is 23.4 Å². The van der Waals surface area contributed by atoms with E-state index in [0.717, 1.165) is 10.8 Å². The standard InChI is InChI=1S/C14H20FNO3/c1-5-19-14(18)12(6-9(2)3)16-8-11(15)10(4)7-13(16)17/h7-9,12H,5-6H2,1-4H3.